The molecule has 0 aliphatic carbocycles. The molecule has 1 rings (SSSR count). The Labute approximate surface area is 170 Å². The van der Waals surface area contributed by atoms with Gasteiger partial charge in [-0.2, -0.15) is 35.1 Å². The van der Waals surface area contributed by atoms with Gasteiger partial charge in [0.25, 0.3) is 0 Å². The number of carbonyl (C=O) groups is 3. The molecule has 0 aromatic rings. The van der Waals surface area contributed by atoms with Crippen LogP contribution < -0.4 is 0 Å². The largest absolute Gasteiger partial charge is 0.464 e. The third kappa shape index (κ3) is 6.18. The van der Waals surface area contributed by atoms with Crippen LogP contribution in [0.5, 0.6) is 0 Å². The van der Waals surface area contributed by atoms with Crippen LogP contribution in [0.1, 0.15) is 6.92 Å². The van der Waals surface area contributed by atoms with Crippen LogP contribution in [-0.2, 0) is 38.1 Å². The smallest absolute Gasteiger partial charge is 0.449 e. The molecule has 0 bridgehead atoms. The summed E-state index contributed by atoms with van der Waals surface area (Å²) >= 11 is 0. The average molecular weight is 498 g/mol. The lowest BCUT2D eigenvalue weighted by atomic mass is 10.2. The summed E-state index contributed by atoms with van der Waals surface area (Å²) in [6.07, 6.45) is -27.6. The van der Waals surface area contributed by atoms with Gasteiger partial charge in [-0.15, -0.1) is 0 Å². The maximum atomic E-state index is 13.5. The van der Waals surface area contributed by atoms with Crippen molar-refractivity contribution >= 4 is 17.9 Å². The number of ether oxygens (including phenoxy) is 5. The minimum atomic E-state index is -6.19. The van der Waals surface area contributed by atoms with Gasteiger partial charge in [0.1, 0.15) is 6.61 Å². The monoisotopic (exact) mass is 498 g/mol. The van der Waals surface area contributed by atoms with E-state index in [1.807, 2.05) is 0 Å². The summed E-state index contributed by atoms with van der Waals surface area (Å²) < 4.78 is 150. The quantitative estimate of drug-likeness (QED) is 0.230. The van der Waals surface area contributed by atoms with Crippen LogP contribution >= 0.6 is 0 Å². The average Bonchev–Trinajstić information content (AvgIpc) is 2.90. The normalized spacial score (nSPS) is 21.5. The van der Waals surface area contributed by atoms with Gasteiger partial charge in [0.2, 0.25) is 18.4 Å². The molecule has 1 fully saturated rings. The lowest BCUT2D eigenvalue weighted by Gasteiger charge is -2.30. The molecule has 186 valence electrons. The van der Waals surface area contributed by atoms with Crippen LogP contribution in [0.3, 0.4) is 0 Å². The van der Waals surface area contributed by atoms with E-state index < -0.39 is 80.4 Å². The molecular formula is C14H12F10O8. The number of hydrogen-bond donors (Lipinski definition) is 0. The van der Waals surface area contributed by atoms with E-state index in [9.17, 15) is 58.3 Å². The van der Waals surface area contributed by atoms with Crippen molar-refractivity contribution in [3.8, 4) is 0 Å². The van der Waals surface area contributed by atoms with E-state index in [1.165, 1.54) is 6.92 Å². The number of carbonyl (C=O) groups excluding carboxylic acids is 3. The van der Waals surface area contributed by atoms with Gasteiger partial charge in [-0.1, -0.05) is 0 Å². The van der Waals surface area contributed by atoms with Crippen LogP contribution in [0.2, 0.25) is 0 Å². The van der Waals surface area contributed by atoms with Crippen LogP contribution in [0.15, 0.2) is 0 Å². The highest BCUT2D eigenvalue weighted by atomic mass is 19.3. The molecule has 3 atom stereocenters. The number of hydrogen-bond acceptors (Lipinski definition) is 8. The van der Waals surface area contributed by atoms with Gasteiger partial charge >= 0.3 is 42.2 Å². The second-order valence-corrected chi connectivity index (χ2v) is 5.75. The predicted molar refractivity (Wildman–Crippen MR) is 74.1 cm³/mol. The maximum absolute atomic E-state index is 13.5. The zero-order valence-corrected chi connectivity index (χ0v) is 15.4. The highest BCUT2D eigenvalue weighted by Gasteiger charge is 2.67. The molecule has 1 heterocycles. The zero-order chi connectivity index (χ0) is 25.1. The fraction of sp³-hybridized carbons (Fsp3) is 0.786. The summed E-state index contributed by atoms with van der Waals surface area (Å²) in [6.45, 7) is -4.46. The minimum absolute atomic E-state index is 0.416. The molecule has 0 radical (unpaired) electrons. The lowest BCUT2D eigenvalue weighted by Crippen LogP contribution is -2.53. The Morgan fingerprint density at radius 2 is 1.53 bits per heavy atom. The van der Waals surface area contributed by atoms with Crippen molar-refractivity contribution in [2.75, 3.05) is 19.8 Å². The van der Waals surface area contributed by atoms with E-state index in [-0.39, 0.29) is 0 Å². The number of halogens is 10. The first-order chi connectivity index (χ1) is 14.4. The first kappa shape index (κ1) is 27.8. The summed E-state index contributed by atoms with van der Waals surface area (Å²) in [6, 6.07) is 0. The first-order valence-electron chi connectivity index (χ1n) is 8.06. The molecule has 0 aromatic carbocycles. The molecule has 1 aliphatic rings. The van der Waals surface area contributed by atoms with Crippen LogP contribution in [0.25, 0.3) is 0 Å². The van der Waals surface area contributed by atoms with E-state index in [1.54, 1.807) is 0 Å². The molecule has 0 saturated carbocycles. The van der Waals surface area contributed by atoms with Gasteiger partial charge in [0.05, 0.1) is 13.2 Å². The molecule has 0 spiro atoms. The number of esters is 3. The molecule has 32 heavy (non-hydrogen) atoms. The minimum Gasteiger partial charge on any atom is -0.464 e. The van der Waals surface area contributed by atoms with Crippen molar-refractivity contribution < 1.29 is 82.0 Å². The fourth-order valence-electron chi connectivity index (χ4n) is 1.73. The van der Waals surface area contributed by atoms with E-state index in [4.69, 9.17) is 0 Å². The summed E-state index contributed by atoms with van der Waals surface area (Å²) in [5.41, 5.74) is 0. The Bertz CT molecular complexity index is 716. The van der Waals surface area contributed by atoms with Crippen molar-refractivity contribution in [2.45, 2.75) is 49.6 Å². The lowest BCUT2D eigenvalue weighted by molar-refractivity contribution is -0.452. The molecule has 18 heteroatoms. The molecular weight excluding hydrogens is 486 g/mol. The second-order valence-electron chi connectivity index (χ2n) is 5.75. The van der Waals surface area contributed by atoms with Crippen molar-refractivity contribution in [1.82, 2.24) is 0 Å². The van der Waals surface area contributed by atoms with E-state index in [0.29, 0.717) is 0 Å². The Kier molecular flexibility index (Phi) is 8.46. The van der Waals surface area contributed by atoms with Gasteiger partial charge in [-0.05, 0) is 6.92 Å². The Morgan fingerprint density at radius 3 is 2.00 bits per heavy atom. The molecule has 0 aromatic heterocycles. The topological polar surface area (TPSA) is 97.4 Å². The Hall–Kier alpha value is -2.21. The van der Waals surface area contributed by atoms with Crippen molar-refractivity contribution in [3.63, 3.8) is 0 Å². The fourth-order valence-corrected chi connectivity index (χ4v) is 1.73. The number of cyclic esters (lactones) is 2. The summed E-state index contributed by atoms with van der Waals surface area (Å²) in [5.74, 6) is -11.8. The summed E-state index contributed by atoms with van der Waals surface area (Å²) in [5, 5.41) is 0. The van der Waals surface area contributed by atoms with Crippen molar-refractivity contribution in [1.29, 1.82) is 0 Å². The van der Waals surface area contributed by atoms with Crippen LogP contribution in [0.4, 0.5) is 43.9 Å². The van der Waals surface area contributed by atoms with Gasteiger partial charge in [0.15, 0.2) is 0 Å². The van der Waals surface area contributed by atoms with Crippen LogP contribution in [0, 0.1) is 0 Å². The zero-order valence-electron chi connectivity index (χ0n) is 15.4. The molecule has 0 N–H and O–H groups in total. The first-order valence-corrected chi connectivity index (χ1v) is 8.06. The second kappa shape index (κ2) is 9.74. The summed E-state index contributed by atoms with van der Waals surface area (Å²) in [7, 11) is 0. The maximum Gasteiger partial charge on any atom is 0.449 e. The molecule has 0 amide bonds. The van der Waals surface area contributed by atoms with Gasteiger partial charge in [-0.3, -0.25) is 4.74 Å². The van der Waals surface area contributed by atoms with E-state index in [0.717, 1.165) is 0 Å². The van der Waals surface area contributed by atoms with Crippen LogP contribution in [-0.4, -0.2) is 80.4 Å². The van der Waals surface area contributed by atoms with Gasteiger partial charge < -0.3 is 18.9 Å². The van der Waals surface area contributed by atoms with E-state index >= 15 is 0 Å². The Balaban J connectivity index is 2.79. The van der Waals surface area contributed by atoms with Gasteiger partial charge in [-0.25, -0.2) is 23.2 Å². The highest BCUT2D eigenvalue weighted by Crippen LogP contribution is 2.42. The highest BCUT2D eigenvalue weighted by molar-refractivity contribution is 5.99. The van der Waals surface area contributed by atoms with Crippen molar-refractivity contribution in [3.05, 3.63) is 0 Å². The van der Waals surface area contributed by atoms with Crippen molar-refractivity contribution in [2.24, 2.45) is 0 Å². The molecule has 1 aliphatic heterocycles. The third-order valence-corrected chi connectivity index (χ3v) is 3.35. The van der Waals surface area contributed by atoms with Gasteiger partial charge in [0, 0.05) is 0 Å². The SMILES string of the molecule is CCOC(=O)C(F)COC(F)(F)C(F)(F)COC(F)(F)C(F)(F)OC1C(=O)OC(=O)C1F. The predicted octanol–water partition coefficient (Wildman–Crippen LogP) is 2.14. The molecule has 3 unspecified atom stereocenters. The standard InChI is InChI=1S/C14H12F10O8/c1-2-28-8(25)5(15)3-29-12(19,20)11(17,18)4-30-13(21,22)14(23,24)32-7-6(16)9(26)31-10(7)27/h5-7H,2-4H2,1H3. The molecule has 1 saturated heterocycles. The summed E-state index contributed by atoms with van der Waals surface area (Å²) in [4.78, 5) is 32.5. The number of rotatable bonds is 12. The molecule has 8 nitrogen and oxygen atoms in total. The van der Waals surface area contributed by atoms with E-state index in [2.05, 4.69) is 23.7 Å². The Morgan fingerprint density at radius 1 is 0.969 bits per heavy atom. The number of alkyl halides is 10. The third-order valence-electron chi connectivity index (χ3n) is 3.35.